The quantitative estimate of drug-likeness (QED) is 0.287. The number of hydrogen-bond acceptors (Lipinski definition) is 4. The molecule has 0 atom stereocenters. The van der Waals surface area contributed by atoms with Crippen molar-refractivity contribution >= 4 is 63.0 Å². The number of fused-ring (bicyclic) bond motifs is 5. The minimum Gasteiger partial charge on any atom is -0.289 e. The third-order valence-corrected chi connectivity index (χ3v) is 6.63. The fourth-order valence-electron chi connectivity index (χ4n) is 3.14. The summed E-state index contributed by atoms with van der Waals surface area (Å²) in [5.41, 5.74) is 0.00897. The van der Waals surface area contributed by atoms with Gasteiger partial charge in [-0.3, -0.25) is 9.59 Å². The van der Waals surface area contributed by atoms with E-state index in [1.165, 1.54) is 11.3 Å². The minimum absolute atomic E-state index is 0.00110. The maximum Gasteiger partial charge on any atom is 0.197 e. The summed E-state index contributed by atoms with van der Waals surface area (Å²) < 4.78 is 3.61. The van der Waals surface area contributed by atoms with E-state index in [9.17, 15) is 9.59 Å². The van der Waals surface area contributed by atoms with Crippen LogP contribution < -0.4 is 10.9 Å². The molecular weight excluding hydrogens is 336 g/mol. The molecule has 24 heavy (non-hydrogen) atoms. The Morgan fingerprint density at radius 2 is 1.17 bits per heavy atom. The van der Waals surface area contributed by atoms with Crippen LogP contribution in [0.25, 0.3) is 40.3 Å². The van der Waals surface area contributed by atoms with E-state index >= 15 is 0 Å². The molecule has 0 N–H and O–H groups in total. The monoisotopic (exact) mass is 346 g/mol. The third-order valence-electron chi connectivity index (χ3n) is 4.29. The number of benzene rings is 3. The SMILES string of the molecule is O=c1c2ccccc2sc2c1ccc1sc3ccccc3c(=O)c12. The Morgan fingerprint density at radius 1 is 0.542 bits per heavy atom. The topological polar surface area (TPSA) is 34.1 Å². The molecule has 2 aromatic heterocycles. The molecule has 114 valence electrons. The molecule has 0 saturated carbocycles. The Kier molecular flexibility index (Phi) is 2.86. The van der Waals surface area contributed by atoms with Crippen LogP contribution >= 0.6 is 22.7 Å². The van der Waals surface area contributed by atoms with Gasteiger partial charge in [0.05, 0.1) is 10.1 Å². The molecule has 0 radical (unpaired) electrons. The molecule has 3 aromatic carbocycles. The average molecular weight is 346 g/mol. The first kappa shape index (κ1) is 13.8. The van der Waals surface area contributed by atoms with Gasteiger partial charge in [-0.15, -0.1) is 22.7 Å². The smallest absolute Gasteiger partial charge is 0.197 e. The number of hydrogen-bond donors (Lipinski definition) is 0. The Morgan fingerprint density at radius 3 is 1.92 bits per heavy atom. The van der Waals surface area contributed by atoms with Gasteiger partial charge in [0, 0.05) is 30.3 Å². The van der Waals surface area contributed by atoms with Crippen LogP contribution in [0.15, 0.2) is 70.3 Å². The van der Waals surface area contributed by atoms with E-state index in [4.69, 9.17) is 0 Å². The van der Waals surface area contributed by atoms with Gasteiger partial charge in [0.25, 0.3) is 0 Å². The molecule has 5 rings (SSSR count). The summed E-state index contributed by atoms with van der Waals surface area (Å²) in [5.74, 6) is 0. The Hall–Kier alpha value is -2.56. The molecule has 0 bridgehead atoms. The lowest BCUT2D eigenvalue weighted by Crippen LogP contribution is -2.05. The van der Waals surface area contributed by atoms with Crippen molar-refractivity contribution in [1.29, 1.82) is 0 Å². The van der Waals surface area contributed by atoms with Crippen LogP contribution in [0.4, 0.5) is 0 Å². The summed E-state index contributed by atoms with van der Waals surface area (Å²) in [6.07, 6.45) is 0. The first-order valence-electron chi connectivity index (χ1n) is 7.54. The molecule has 2 nitrogen and oxygen atoms in total. The molecule has 2 heterocycles. The van der Waals surface area contributed by atoms with Crippen LogP contribution in [0.3, 0.4) is 0 Å². The average Bonchev–Trinajstić information content (AvgIpc) is 2.62. The highest BCUT2D eigenvalue weighted by Gasteiger charge is 2.13. The molecule has 0 spiro atoms. The maximum atomic E-state index is 13.1. The van der Waals surface area contributed by atoms with Crippen LogP contribution in [-0.2, 0) is 0 Å². The summed E-state index contributed by atoms with van der Waals surface area (Å²) >= 11 is 3.12. The highest BCUT2D eigenvalue weighted by Crippen LogP contribution is 2.33. The predicted octanol–water partition coefficient (Wildman–Crippen LogP) is 5.14. The molecule has 4 heteroatoms. The van der Waals surface area contributed by atoms with Gasteiger partial charge in [-0.25, -0.2) is 0 Å². The predicted molar refractivity (Wildman–Crippen MR) is 105 cm³/mol. The van der Waals surface area contributed by atoms with Crippen molar-refractivity contribution in [2.75, 3.05) is 0 Å². The Bertz CT molecular complexity index is 1390. The zero-order chi connectivity index (χ0) is 16.3. The zero-order valence-electron chi connectivity index (χ0n) is 12.4. The van der Waals surface area contributed by atoms with Crippen molar-refractivity contribution in [3.8, 4) is 0 Å². The van der Waals surface area contributed by atoms with E-state index < -0.39 is 0 Å². The van der Waals surface area contributed by atoms with Crippen molar-refractivity contribution in [1.82, 2.24) is 0 Å². The summed E-state index contributed by atoms with van der Waals surface area (Å²) in [6.45, 7) is 0. The molecular formula is C20H10O2S2. The van der Waals surface area contributed by atoms with Crippen LogP contribution in [0.2, 0.25) is 0 Å². The maximum absolute atomic E-state index is 13.1. The summed E-state index contributed by atoms with van der Waals surface area (Å²) in [7, 11) is 0. The standard InChI is InChI=1S/C20H10O2S2/c21-18-11-5-1-4-8-15(11)24-20-13(18)9-10-16-17(20)19(22)12-6-2-3-7-14(12)23-16/h1-10H. The summed E-state index contributed by atoms with van der Waals surface area (Å²) in [4.78, 5) is 25.9. The largest absolute Gasteiger partial charge is 0.289 e. The van der Waals surface area contributed by atoms with Crippen LogP contribution in [0, 0.1) is 0 Å². The molecule has 0 aliphatic heterocycles. The highest BCUT2D eigenvalue weighted by atomic mass is 32.1. The molecule has 0 saturated heterocycles. The fourth-order valence-corrected chi connectivity index (χ4v) is 5.51. The van der Waals surface area contributed by atoms with Crippen LogP contribution in [0.1, 0.15) is 0 Å². The van der Waals surface area contributed by atoms with E-state index in [2.05, 4.69) is 0 Å². The second-order valence-corrected chi connectivity index (χ2v) is 7.81. The Labute approximate surface area is 144 Å². The molecule has 0 fully saturated rings. The van der Waals surface area contributed by atoms with Gasteiger partial charge in [0.2, 0.25) is 0 Å². The Balaban J connectivity index is 2.13. The van der Waals surface area contributed by atoms with E-state index in [0.29, 0.717) is 16.2 Å². The van der Waals surface area contributed by atoms with Gasteiger partial charge in [-0.1, -0.05) is 24.3 Å². The molecule has 0 amide bonds. The van der Waals surface area contributed by atoms with E-state index in [0.717, 1.165) is 24.2 Å². The van der Waals surface area contributed by atoms with E-state index in [1.807, 2.05) is 60.7 Å². The van der Waals surface area contributed by atoms with Gasteiger partial charge in [0.15, 0.2) is 10.9 Å². The van der Waals surface area contributed by atoms with Crippen molar-refractivity contribution in [2.24, 2.45) is 0 Å². The lowest BCUT2D eigenvalue weighted by molar-refractivity contribution is 1.76. The lowest BCUT2D eigenvalue weighted by atomic mass is 10.1. The van der Waals surface area contributed by atoms with Crippen molar-refractivity contribution in [3.63, 3.8) is 0 Å². The highest BCUT2D eigenvalue weighted by molar-refractivity contribution is 7.27. The molecule has 5 aromatic rings. The molecule has 0 unspecified atom stereocenters. The fraction of sp³-hybridized carbons (Fsp3) is 0. The minimum atomic E-state index is -0.00110. The van der Waals surface area contributed by atoms with Crippen molar-refractivity contribution in [2.45, 2.75) is 0 Å². The third kappa shape index (κ3) is 1.81. The van der Waals surface area contributed by atoms with Crippen LogP contribution in [-0.4, -0.2) is 0 Å². The summed E-state index contributed by atoms with van der Waals surface area (Å²) in [6, 6.07) is 19.0. The van der Waals surface area contributed by atoms with Crippen LogP contribution in [0.5, 0.6) is 0 Å². The second-order valence-electron chi connectivity index (χ2n) is 5.67. The normalized spacial score (nSPS) is 11.7. The van der Waals surface area contributed by atoms with Gasteiger partial charge in [-0.05, 0) is 36.4 Å². The van der Waals surface area contributed by atoms with Gasteiger partial charge in [0.1, 0.15) is 0 Å². The van der Waals surface area contributed by atoms with Gasteiger partial charge >= 0.3 is 0 Å². The second kappa shape index (κ2) is 4.97. The van der Waals surface area contributed by atoms with E-state index in [-0.39, 0.29) is 10.9 Å². The van der Waals surface area contributed by atoms with Gasteiger partial charge < -0.3 is 0 Å². The van der Waals surface area contributed by atoms with Gasteiger partial charge in [-0.2, -0.15) is 0 Å². The lowest BCUT2D eigenvalue weighted by Gasteiger charge is -2.05. The molecule has 0 aliphatic rings. The van der Waals surface area contributed by atoms with E-state index in [1.54, 1.807) is 11.3 Å². The van der Waals surface area contributed by atoms with Crippen molar-refractivity contribution in [3.05, 3.63) is 81.1 Å². The first-order valence-corrected chi connectivity index (χ1v) is 9.17. The molecule has 0 aliphatic carbocycles. The number of rotatable bonds is 0. The zero-order valence-corrected chi connectivity index (χ0v) is 14.0. The van der Waals surface area contributed by atoms with Crippen molar-refractivity contribution < 1.29 is 0 Å². The first-order chi connectivity index (χ1) is 11.7. The summed E-state index contributed by atoms with van der Waals surface area (Å²) in [5, 5.41) is 2.73.